The number of hydrogen-bond donors (Lipinski definition) is 3. The second-order valence-corrected chi connectivity index (χ2v) is 4.49. The van der Waals surface area contributed by atoms with Gasteiger partial charge in [-0.05, 0) is 13.3 Å². The molecule has 0 radical (unpaired) electrons. The van der Waals surface area contributed by atoms with E-state index in [4.69, 9.17) is 10.2 Å². The molecule has 0 bridgehead atoms. The molecule has 0 aliphatic rings. The lowest BCUT2D eigenvalue weighted by molar-refractivity contribution is -0.133. The van der Waals surface area contributed by atoms with Gasteiger partial charge in [-0.3, -0.25) is 9.59 Å². The third-order valence-corrected chi connectivity index (χ3v) is 2.95. The molecule has 6 heteroatoms. The van der Waals surface area contributed by atoms with Gasteiger partial charge in [-0.2, -0.15) is 0 Å². The maximum absolute atomic E-state index is 11.3. The van der Waals surface area contributed by atoms with Crippen molar-refractivity contribution in [1.82, 2.24) is 5.32 Å². The van der Waals surface area contributed by atoms with Crippen LogP contribution in [0.25, 0.3) is 0 Å². The van der Waals surface area contributed by atoms with Crippen molar-refractivity contribution in [2.45, 2.75) is 25.8 Å². The smallest absolute Gasteiger partial charge is 0.313 e. The molecule has 15 heavy (non-hydrogen) atoms. The van der Waals surface area contributed by atoms with Crippen molar-refractivity contribution in [2.75, 3.05) is 18.1 Å². The van der Waals surface area contributed by atoms with E-state index in [0.717, 1.165) is 11.8 Å². The van der Waals surface area contributed by atoms with E-state index in [9.17, 15) is 9.59 Å². The molecule has 0 heterocycles. The van der Waals surface area contributed by atoms with Crippen molar-refractivity contribution < 1.29 is 19.8 Å². The van der Waals surface area contributed by atoms with E-state index in [0.29, 0.717) is 6.42 Å². The Bertz CT molecular complexity index is 228. The van der Waals surface area contributed by atoms with Crippen LogP contribution in [0.3, 0.4) is 0 Å². The minimum atomic E-state index is -0.937. The minimum Gasteiger partial charge on any atom is -0.481 e. The van der Waals surface area contributed by atoms with Crippen LogP contribution in [0.5, 0.6) is 0 Å². The number of aliphatic hydroxyl groups is 1. The Morgan fingerprint density at radius 3 is 2.40 bits per heavy atom. The fourth-order valence-corrected chi connectivity index (χ4v) is 1.38. The highest BCUT2D eigenvalue weighted by Gasteiger charge is 2.22. The molecule has 0 saturated heterocycles. The maximum Gasteiger partial charge on any atom is 0.313 e. The first-order chi connectivity index (χ1) is 6.93. The summed E-state index contributed by atoms with van der Waals surface area (Å²) in [5, 5.41) is 20.1. The van der Waals surface area contributed by atoms with E-state index < -0.39 is 11.5 Å². The monoisotopic (exact) mass is 235 g/mol. The molecule has 3 N–H and O–H groups in total. The number of hydrogen-bond acceptors (Lipinski definition) is 4. The lowest BCUT2D eigenvalue weighted by Crippen LogP contribution is -2.49. The third-order valence-electron chi connectivity index (χ3n) is 2.03. The maximum atomic E-state index is 11.3. The van der Waals surface area contributed by atoms with Crippen LogP contribution in [0, 0.1) is 0 Å². The molecule has 0 rings (SSSR count). The highest BCUT2D eigenvalue weighted by Crippen LogP contribution is 2.08. The number of rotatable bonds is 7. The zero-order valence-corrected chi connectivity index (χ0v) is 9.76. The molecule has 1 atom stereocenters. The standard InChI is InChI=1S/C9H17NO4S/c1-3-9(2,6-11)10-7(12)4-15-5-8(13)14/h11H,3-6H2,1-2H3,(H,10,12)(H,13,14). The van der Waals surface area contributed by atoms with E-state index in [-0.39, 0.29) is 24.0 Å². The van der Waals surface area contributed by atoms with Gasteiger partial charge in [-0.15, -0.1) is 11.8 Å². The lowest BCUT2D eigenvalue weighted by Gasteiger charge is -2.27. The van der Waals surface area contributed by atoms with Crippen molar-refractivity contribution in [3.63, 3.8) is 0 Å². The van der Waals surface area contributed by atoms with E-state index in [1.54, 1.807) is 6.92 Å². The first-order valence-electron chi connectivity index (χ1n) is 4.65. The number of nitrogens with one attached hydrogen (secondary N) is 1. The van der Waals surface area contributed by atoms with Gasteiger partial charge in [-0.1, -0.05) is 6.92 Å². The second kappa shape index (κ2) is 6.68. The second-order valence-electron chi connectivity index (χ2n) is 3.51. The van der Waals surface area contributed by atoms with Gasteiger partial charge in [0, 0.05) is 0 Å². The number of carbonyl (C=O) groups excluding carboxylic acids is 1. The zero-order chi connectivity index (χ0) is 11.9. The number of carboxylic acids is 1. The largest absolute Gasteiger partial charge is 0.481 e. The van der Waals surface area contributed by atoms with E-state index in [1.165, 1.54) is 0 Å². The van der Waals surface area contributed by atoms with Crippen molar-refractivity contribution in [3.05, 3.63) is 0 Å². The van der Waals surface area contributed by atoms with Crippen LogP contribution in [0.1, 0.15) is 20.3 Å². The van der Waals surface area contributed by atoms with Crippen molar-refractivity contribution >= 4 is 23.6 Å². The summed E-state index contributed by atoms with van der Waals surface area (Å²) in [7, 11) is 0. The fourth-order valence-electron chi connectivity index (χ4n) is 0.843. The molecule has 1 amide bonds. The molecule has 1 unspecified atom stereocenters. The predicted octanol–water partition coefficient (Wildman–Crippen LogP) is 0.0814. The zero-order valence-electron chi connectivity index (χ0n) is 8.95. The average Bonchev–Trinajstić information content (AvgIpc) is 2.17. The molecule has 0 aliphatic carbocycles. The van der Waals surface area contributed by atoms with Gasteiger partial charge in [0.15, 0.2) is 0 Å². The molecule has 0 fully saturated rings. The minimum absolute atomic E-state index is 0.0879. The van der Waals surface area contributed by atoms with Crippen LogP contribution in [0.4, 0.5) is 0 Å². The number of aliphatic hydroxyl groups excluding tert-OH is 1. The summed E-state index contributed by atoms with van der Waals surface area (Å²) in [4.78, 5) is 21.5. The Kier molecular flexibility index (Phi) is 6.35. The van der Waals surface area contributed by atoms with E-state index in [2.05, 4.69) is 5.32 Å². The van der Waals surface area contributed by atoms with Crippen LogP contribution < -0.4 is 5.32 Å². The van der Waals surface area contributed by atoms with Gasteiger partial charge in [0.05, 0.1) is 23.7 Å². The molecule has 88 valence electrons. The Hall–Kier alpha value is -0.750. The quantitative estimate of drug-likeness (QED) is 0.582. The van der Waals surface area contributed by atoms with Crippen molar-refractivity contribution in [1.29, 1.82) is 0 Å². The van der Waals surface area contributed by atoms with Gasteiger partial charge in [-0.25, -0.2) is 0 Å². The van der Waals surface area contributed by atoms with Crippen LogP contribution >= 0.6 is 11.8 Å². The molecular formula is C9H17NO4S. The lowest BCUT2D eigenvalue weighted by atomic mass is 10.0. The Morgan fingerprint density at radius 2 is 2.00 bits per heavy atom. The Labute approximate surface area is 93.2 Å². The first kappa shape index (κ1) is 14.2. The summed E-state index contributed by atoms with van der Waals surface area (Å²) in [5.74, 6) is -1.18. The van der Waals surface area contributed by atoms with Crippen LogP contribution in [-0.4, -0.2) is 45.7 Å². The summed E-state index contributed by atoms with van der Waals surface area (Å²) in [6.45, 7) is 3.48. The Balaban J connectivity index is 3.87. The van der Waals surface area contributed by atoms with E-state index in [1.807, 2.05) is 6.92 Å². The molecule has 0 spiro atoms. The van der Waals surface area contributed by atoms with Gasteiger partial charge in [0.2, 0.25) is 5.91 Å². The number of thioether (sulfide) groups is 1. The van der Waals surface area contributed by atoms with Gasteiger partial charge in [0.1, 0.15) is 0 Å². The van der Waals surface area contributed by atoms with Gasteiger partial charge < -0.3 is 15.5 Å². The van der Waals surface area contributed by atoms with Crippen LogP contribution in [0.2, 0.25) is 0 Å². The normalized spacial score (nSPS) is 14.3. The topological polar surface area (TPSA) is 86.6 Å². The third kappa shape index (κ3) is 6.35. The summed E-state index contributed by atoms with van der Waals surface area (Å²) < 4.78 is 0. The van der Waals surface area contributed by atoms with Crippen LogP contribution in [0.15, 0.2) is 0 Å². The number of carbonyl (C=O) groups is 2. The SMILES string of the molecule is CCC(C)(CO)NC(=O)CSCC(=O)O. The predicted molar refractivity (Wildman–Crippen MR) is 58.9 cm³/mol. The summed E-state index contributed by atoms with van der Waals surface area (Å²) in [6, 6.07) is 0. The summed E-state index contributed by atoms with van der Waals surface area (Å²) in [5.41, 5.74) is -0.610. The van der Waals surface area contributed by atoms with Crippen molar-refractivity contribution in [2.24, 2.45) is 0 Å². The summed E-state index contributed by atoms with van der Waals surface area (Å²) in [6.07, 6.45) is 0.624. The number of carboxylic acid groups (broad SMARTS) is 1. The molecule has 0 saturated carbocycles. The van der Waals surface area contributed by atoms with Crippen molar-refractivity contribution in [3.8, 4) is 0 Å². The molecule has 5 nitrogen and oxygen atoms in total. The Morgan fingerprint density at radius 1 is 1.40 bits per heavy atom. The van der Waals surface area contributed by atoms with E-state index >= 15 is 0 Å². The average molecular weight is 235 g/mol. The molecule has 0 aliphatic heterocycles. The number of amides is 1. The fraction of sp³-hybridized carbons (Fsp3) is 0.778. The highest BCUT2D eigenvalue weighted by molar-refractivity contribution is 8.00. The van der Waals surface area contributed by atoms with Gasteiger partial charge in [0.25, 0.3) is 0 Å². The number of aliphatic carboxylic acids is 1. The van der Waals surface area contributed by atoms with Crippen LogP contribution in [-0.2, 0) is 9.59 Å². The first-order valence-corrected chi connectivity index (χ1v) is 5.80. The molecule has 0 aromatic carbocycles. The summed E-state index contributed by atoms with van der Waals surface area (Å²) >= 11 is 1.04. The molecular weight excluding hydrogens is 218 g/mol. The molecule has 0 aromatic heterocycles. The van der Waals surface area contributed by atoms with Gasteiger partial charge >= 0.3 is 5.97 Å². The molecule has 0 aromatic rings. The highest BCUT2D eigenvalue weighted by atomic mass is 32.2.